The number of hydrogen-bond donors (Lipinski definition) is 1. The molecule has 1 aliphatic heterocycles. The highest BCUT2D eigenvalue weighted by Crippen LogP contribution is 2.29. The number of likely N-dealkylation sites (N-methyl/N-ethyl adjacent to an activating group) is 1. The monoisotopic (exact) mass is 410 g/mol. The third-order valence-corrected chi connectivity index (χ3v) is 5.89. The van der Waals surface area contributed by atoms with Gasteiger partial charge in [0.05, 0.1) is 36.1 Å². The lowest BCUT2D eigenvalue weighted by atomic mass is 10.1. The number of aromatic nitrogens is 2. The van der Waals surface area contributed by atoms with Crippen molar-refractivity contribution in [1.29, 1.82) is 0 Å². The van der Waals surface area contributed by atoms with Crippen LogP contribution in [-0.2, 0) is 16.1 Å². The van der Waals surface area contributed by atoms with Gasteiger partial charge < -0.3 is 19.6 Å². The number of phenolic OH excluding ortho intramolecular Hbond substituents is 1. The number of amides is 1. The van der Waals surface area contributed by atoms with E-state index in [1.165, 1.54) is 6.08 Å². The quantitative estimate of drug-likeness (QED) is 0.651. The van der Waals surface area contributed by atoms with Crippen molar-refractivity contribution in [3.8, 4) is 5.75 Å². The Hall–Kier alpha value is -2.97. The van der Waals surface area contributed by atoms with Crippen molar-refractivity contribution in [3.63, 3.8) is 0 Å². The summed E-state index contributed by atoms with van der Waals surface area (Å²) < 4.78 is 6.87. The van der Waals surface area contributed by atoms with E-state index in [1.807, 2.05) is 24.4 Å². The summed E-state index contributed by atoms with van der Waals surface area (Å²) in [5.74, 6) is 0.776. The molecule has 1 fully saturated rings. The molecule has 1 aromatic carbocycles. The summed E-state index contributed by atoms with van der Waals surface area (Å²) in [6.07, 6.45) is 3.00. The second kappa shape index (κ2) is 8.18. The standard InChI is InChI=1S/C21H22N4O3S/c1-3-20(27)24(2)12-16-10-17-19(29-16)11-22-21(23-17)25-7-8-28-18(13-25)14-5-4-6-15(26)9-14/h3-6,9-11,18,26H,1,7-8,12-13H2,2H3. The lowest BCUT2D eigenvalue weighted by Crippen LogP contribution is -2.39. The van der Waals surface area contributed by atoms with Gasteiger partial charge in [-0.15, -0.1) is 11.3 Å². The minimum Gasteiger partial charge on any atom is -0.508 e. The largest absolute Gasteiger partial charge is 0.508 e. The molecular formula is C21H22N4O3S. The molecule has 0 bridgehead atoms. The molecule has 1 amide bonds. The molecule has 3 heterocycles. The number of carbonyl (C=O) groups excluding carboxylic acids is 1. The fourth-order valence-electron chi connectivity index (χ4n) is 3.33. The number of fused-ring (bicyclic) bond motifs is 1. The van der Waals surface area contributed by atoms with Crippen molar-refractivity contribution in [2.24, 2.45) is 0 Å². The lowest BCUT2D eigenvalue weighted by Gasteiger charge is -2.33. The highest BCUT2D eigenvalue weighted by atomic mass is 32.1. The number of anilines is 1. The van der Waals surface area contributed by atoms with Crippen molar-refractivity contribution in [3.05, 3.63) is 59.6 Å². The van der Waals surface area contributed by atoms with E-state index >= 15 is 0 Å². The summed E-state index contributed by atoms with van der Waals surface area (Å²) in [7, 11) is 1.75. The Bertz CT molecular complexity index is 1050. The predicted octanol–water partition coefficient (Wildman–Crippen LogP) is 3.12. The molecule has 2 aromatic heterocycles. The van der Waals surface area contributed by atoms with E-state index in [0.717, 1.165) is 20.7 Å². The lowest BCUT2D eigenvalue weighted by molar-refractivity contribution is -0.125. The van der Waals surface area contributed by atoms with Crippen molar-refractivity contribution < 1.29 is 14.6 Å². The van der Waals surface area contributed by atoms with Crippen LogP contribution in [-0.4, -0.2) is 52.6 Å². The number of aromatic hydroxyl groups is 1. The average Bonchev–Trinajstić information content (AvgIpc) is 3.14. The molecule has 1 N–H and O–H groups in total. The molecule has 1 atom stereocenters. The van der Waals surface area contributed by atoms with Crippen LogP contribution in [0.4, 0.5) is 5.95 Å². The summed E-state index contributed by atoms with van der Waals surface area (Å²) >= 11 is 1.58. The van der Waals surface area contributed by atoms with Crippen LogP contribution in [0.5, 0.6) is 5.75 Å². The van der Waals surface area contributed by atoms with Gasteiger partial charge in [-0.05, 0) is 29.8 Å². The van der Waals surface area contributed by atoms with Crippen LogP contribution >= 0.6 is 11.3 Å². The number of nitrogens with zero attached hydrogens (tertiary/aromatic N) is 4. The number of carbonyl (C=O) groups is 1. The van der Waals surface area contributed by atoms with E-state index in [-0.39, 0.29) is 17.8 Å². The third kappa shape index (κ3) is 4.23. The zero-order valence-corrected chi connectivity index (χ0v) is 16.9. The van der Waals surface area contributed by atoms with Crippen LogP contribution < -0.4 is 4.90 Å². The van der Waals surface area contributed by atoms with Crippen molar-refractivity contribution in [1.82, 2.24) is 14.9 Å². The smallest absolute Gasteiger partial charge is 0.246 e. The Morgan fingerprint density at radius 1 is 1.48 bits per heavy atom. The number of ether oxygens (including phenoxy) is 1. The van der Waals surface area contributed by atoms with Gasteiger partial charge in [0.25, 0.3) is 0 Å². The van der Waals surface area contributed by atoms with E-state index in [9.17, 15) is 9.90 Å². The molecule has 0 spiro atoms. The SMILES string of the molecule is C=CC(=O)N(C)Cc1cc2nc(N3CCOC(c4cccc(O)c4)C3)ncc2s1. The molecule has 4 rings (SSSR count). The van der Waals surface area contributed by atoms with E-state index in [2.05, 4.69) is 16.5 Å². The normalized spacial score (nSPS) is 16.7. The van der Waals surface area contributed by atoms with Gasteiger partial charge in [-0.25, -0.2) is 9.97 Å². The van der Waals surface area contributed by atoms with Crippen LogP contribution in [0.1, 0.15) is 16.5 Å². The Morgan fingerprint density at radius 3 is 3.14 bits per heavy atom. The summed E-state index contributed by atoms with van der Waals surface area (Å²) in [5.41, 5.74) is 1.80. The number of phenols is 1. The van der Waals surface area contributed by atoms with Gasteiger partial charge in [0.15, 0.2) is 0 Å². The highest BCUT2D eigenvalue weighted by molar-refractivity contribution is 7.18. The number of hydrogen-bond acceptors (Lipinski definition) is 7. The molecule has 7 nitrogen and oxygen atoms in total. The zero-order chi connectivity index (χ0) is 20.4. The number of benzene rings is 1. The maximum atomic E-state index is 11.7. The van der Waals surface area contributed by atoms with Crippen LogP contribution in [0.25, 0.3) is 10.2 Å². The Kier molecular flexibility index (Phi) is 5.46. The van der Waals surface area contributed by atoms with E-state index in [4.69, 9.17) is 9.72 Å². The van der Waals surface area contributed by atoms with E-state index in [0.29, 0.717) is 32.2 Å². The molecule has 150 valence electrons. The van der Waals surface area contributed by atoms with Gasteiger partial charge in [-0.2, -0.15) is 0 Å². The first-order valence-electron chi connectivity index (χ1n) is 9.32. The van der Waals surface area contributed by atoms with Crippen molar-refractivity contribution in [2.45, 2.75) is 12.6 Å². The summed E-state index contributed by atoms with van der Waals surface area (Å²) in [6.45, 7) is 5.91. The Balaban J connectivity index is 1.52. The molecule has 8 heteroatoms. The van der Waals surface area contributed by atoms with Crippen molar-refractivity contribution >= 4 is 33.4 Å². The van der Waals surface area contributed by atoms with Crippen LogP contribution in [0, 0.1) is 0 Å². The Labute approximate surface area is 172 Å². The van der Waals surface area contributed by atoms with Gasteiger partial charge in [-0.3, -0.25) is 4.79 Å². The molecule has 1 saturated heterocycles. The maximum Gasteiger partial charge on any atom is 0.246 e. The molecule has 1 unspecified atom stereocenters. The first-order valence-corrected chi connectivity index (χ1v) is 10.1. The van der Waals surface area contributed by atoms with Crippen molar-refractivity contribution in [2.75, 3.05) is 31.6 Å². The van der Waals surface area contributed by atoms with Crippen LogP contribution in [0.15, 0.2) is 49.2 Å². The second-order valence-electron chi connectivity index (χ2n) is 6.93. The van der Waals surface area contributed by atoms with Gasteiger partial charge >= 0.3 is 0 Å². The minimum absolute atomic E-state index is 0.111. The first-order chi connectivity index (χ1) is 14.0. The molecule has 0 saturated carbocycles. The van der Waals surface area contributed by atoms with Gasteiger partial charge in [-0.1, -0.05) is 18.7 Å². The number of thiophene rings is 1. The number of morpholine rings is 1. The number of rotatable bonds is 5. The van der Waals surface area contributed by atoms with Gasteiger partial charge in [0, 0.05) is 18.5 Å². The molecule has 29 heavy (non-hydrogen) atoms. The fraction of sp³-hybridized carbons (Fsp3) is 0.286. The summed E-state index contributed by atoms with van der Waals surface area (Å²) in [4.78, 5) is 25.8. The summed E-state index contributed by atoms with van der Waals surface area (Å²) in [5, 5.41) is 9.74. The second-order valence-corrected chi connectivity index (χ2v) is 8.10. The Morgan fingerprint density at radius 2 is 2.34 bits per heavy atom. The topological polar surface area (TPSA) is 78.8 Å². The molecule has 0 aliphatic carbocycles. The molecule has 1 aliphatic rings. The molecule has 3 aromatic rings. The van der Waals surface area contributed by atoms with Crippen LogP contribution in [0.2, 0.25) is 0 Å². The highest BCUT2D eigenvalue weighted by Gasteiger charge is 2.24. The van der Waals surface area contributed by atoms with Gasteiger partial charge in [0.1, 0.15) is 11.9 Å². The van der Waals surface area contributed by atoms with Gasteiger partial charge in [0.2, 0.25) is 11.9 Å². The minimum atomic E-state index is -0.147. The van der Waals surface area contributed by atoms with E-state index < -0.39 is 0 Å². The first kappa shape index (κ1) is 19.4. The van der Waals surface area contributed by atoms with E-state index in [1.54, 1.807) is 35.4 Å². The summed E-state index contributed by atoms with van der Waals surface area (Å²) in [6, 6.07) is 9.14. The predicted molar refractivity (Wildman–Crippen MR) is 113 cm³/mol. The maximum absolute atomic E-state index is 11.7. The fourth-order valence-corrected chi connectivity index (χ4v) is 4.36. The molecule has 0 radical (unpaired) electrons. The average molecular weight is 410 g/mol. The zero-order valence-electron chi connectivity index (χ0n) is 16.1. The molecular weight excluding hydrogens is 388 g/mol. The third-order valence-electron chi connectivity index (χ3n) is 4.84. The van der Waals surface area contributed by atoms with Crippen LogP contribution in [0.3, 0.4) is 0 Å².